The zero-order chi connectivity index (χ0) is 47.6. The number of pyridine rings is 1. The highest BCUT2D eigenvalue weighted by molar-refractivity contribution is 7.22. The average Bonchev–Trinajstić information content (AvgIpc) is 3.92. The van der Waals surface area contributed by atoms with Gasteiger partial charge in [-0.2, -0.15) is 5.10 Å². The van der Waals surface area contributed by atoms with E-state index in [1.807, 2.05) is 89.8 Å². The van der Waals surface area contributed by atoms with Crippen molar-refractivity contribution in [1.82, 2.24) is 30.0 Å². The van der Waals surface area contributed by atoms with E-state index < -0.39 is 11.9 Å². The van der Waals surface area contributed by atoms with Crippen molar-refractivity contribution in [2.45, 2.75) is 63.3 Å². The van der Waals surface area contributed by atoms with Gasteiger partial charge in [0.15, 0.2) is 10.8 Å². The van der Waals surface area contributed by atoms with Gasteiger partial charge in [-0.3, -0.25) is 39.4 Å². The van der Waals surface area contributed by atoms with Crippen molar-refractivity contribution in [3.05, 3.63) is 136 Å². The molecule has 1 unspecified atom stereocenters. The Kier molecular flexibility index (Phi) is 12.9. The van der Waals surface area contributed by atoms with Crippen molar-refractivity contribution >= 4 is 78.7 Å². The Morgan fingerprint density at radius 1 is 0.884 bits per heavy atom. The van der Waals surface area contributed by atoms with Crippen molar-refractivity contribution in [2.24, 2.45) is 7.05 Å². The summed E-state index contributed by atoms with van der Waals surface area (Å²) >= 11 is 1.43. The zero-order valence-electron chi connectivity index (χ0n) is 38.1. The highest BCUT2D eigenvalue weighted by atomic mass is 32.1. The smallest absolute Gasteiger partial charge is 0.354 e. The predicted octanol–water partition coefficient (Wildman–Crippen LogP) is 7.44. The van der Waals surface area contributed by atoms with Crippen LogP contribution in [0.1, 0.15) is 92.7 Å². The molecule has 0 spiro atoms. The van der Waals surface area contributed by atoms with Crippen LogP contribution in [0.4, 0.5) is 16.6 Å². The molecule has 17 heteroatoms. The number of aryl methyl sites for hydroxylation is 2. The number of carbonyl (C=O) groups is 5. The van der Waals surface area contributed by atoms with Gasteiger partial charge < -0.3 is 20.1 Å². The van der Waals surface area contributed by atoms with E-state index in [1.54, 1.807) is 11.7 Å². The molecule has 0 aliphatic carbocycles. The minimum Gasteiger partial charge on any atom is -0.494 e. The van der Waals surface area contributed by atoms with Gasteiger partial charge in [-0.1, -0.05) is 53.8 Å². The molecule has 2 saturated heterocycles. The summed E-state index contributed by atoms with van der Waals surface area (Å²) in [4.78, 5) is 76.9. The van der Waals surface area contributed by atoms with Gasteiger partial charge in [0.2, 0.25) is 17.7 Å². The third-order valence-electron chi connectivity index (χ3n) is 13.4. The molecule has 10 rings (SSSR count). The second-order valence-corrected chi connectivity index (χ2v) is 18.9. The van der Waals surface area contributed by atoms with E-state index >= 15 is 0 Å². The Bertz CT molecular complexity index is 3110. The molecular formula is C52H51N9O7S. The molecule has 0 radical (unpaired) electrons. The number of benzene rings is 4. The number of nitrogens with one attached hydrogen (secondary N) is 3. The maximum absolute atomic E-state index is 13.6. The fourth-order valence-electron chi connectivity index (χ4n) is 9.83. The summed E-state index contributed by atoms with van der Waals surface area (Å²) in [6.07, 6.45) is 4.23. The molecule has 4 N–H and O–H groups in total. The second-order valence-electron chi connectivity index (χ2n) is 17.9. The molecule has 3 aromatic heterocycles. The number of piperidine rings is 2. The highest BCUT2D eigenvalue weighted by Gasteiger charge is 2.32. The Morgan fingerprint density at radius 3 is 2.55 bits per heavy atom. The molecule has 69 heavy (non-hydrogen) atoms. The van der Waals surface area contributed by atoms with Gasteiger partial charge in [0.05, 0.1) is 40.5 Å². The Labute approximate surface area is 401 Å². The predicted molar refractivity (Wildman–Crippen MR) is 263 cm³/mol. The minimum atomic E-state index is -1.09. The third-order valence-corrected chi connectivity index (χ3v) is 14.4. The lowest BCUT2D eigenvalue weighted by Crippen LogP contribution is -2.39. The number of carboxylic acid groups (broad SMARTS) is 1. The van der Waals surface area contributed by atoms with E-state index in [4.69, 9.17) is 4.74 Å². The largest absolute Gasteiger partial charge is 0.494 e. The number of likely N-dealkylation sites (tertiary alicyclic amines) is 1. The van der Waals surface area contributed by atoms with Crippen LogP contribution in [0.5, 0.6) is 5.75 Å². The van der Waals surface area contributed by atoms with Crippen molar-refractivity contribution in [3.63, 3.8) is 0 Å². The van der Waals surface area contributed by atoms with Crippen LogP contribution < -0.4 is 25.6 Å². The van der Waals surface area contributed by atoms with Gasteiger partial charge >= 0.3 is 5.97 Å². The number of hydrogen-bond acceptors (Lipinski definition) is 12. The number of amides is 4. The second kappa shape index (κ2) is 19.6. The first-order chi connectivity index (χ1) is 33.5. The molecular weight excluding hydrogens is 895 g/mol. The summed E-state index contributed by atoms with van der Waals surface area (Å²) in [5.41, 5.74) is 7.26. The van der Waals surface area contributed by atoms with E-state index in [-0.39, 0.29) is 42.3 Å². The first kappa shape index (κ1) is 45.3. The number of ether oxygens (including phenoxy) is 1. The maximum atomic E-state index is 13.6. The summed E-state index contributed by atoms with van der Waals surface area (Å²) in [6.45, 7) is 3.26. The number of thiazole rings is 1. The first-order valence-corrected chi connectivity index (χ1v) is 24.2. The Morgan fingerprint density at radius 2 is 1.72 bits per heavy atom. The monoisotopic (exact) mass is 945 g/mol. The lowest BCUT2D eigenvalue weighted by atomic mass is 9.89. The van der Waals surface area contributed by atoms with E-state index in [9.17, 15) is 29.1 Å². The van der Waals surface area contributed by atoms with E-state index in [1.165, 1.54) is 16.9 Å². The Hall–Kier alpha value is -7.50. The molecule has 7 aromatic rings. The molecule has 6 heterocycles. The van der Waals surface area contributed by atoms with Gasteiger partial charge in [-0.15, -0.1) is 0 Å². The first-order valence-electron chi connectivity index (χ1n) is 23.3. The highest BCUT2D eigenvalue weighted by Crippen LogP contribution is 2.34. The molecule has 0 bridgehead atoms. The molecule has 0 saturated carbocycles. The molecule has 2 fully saturated rings. The van der Waals surface area contributed by atoms with Crippen LogP contribution in [0.15, 0.2) is 97.1 Å². The van der Waals surface area contributed by atoms with Crippen molar-refractivity contribution < 1.29 is 33.8 Å². The van der Waals surface area contributed by atoms with Crippen LogP contribution in [-0.4, -0.2) is 92.1 Å². The number of aromatic nitrogens is 4. The van der Waals surface area contributed by atoms with Gasteiger partial charge in [0, 0.05) is 43.2 Å². The van der Waals surface area contributed by atoms with Gasteiger partial charge in [0.1, 0.15) is 11.6 Å². The number of para-hydroxylation sites is 1. The quantitative estimate of drug-likeness (QED) is 0.0621. The molecule has 4 amide bonds. The number of nitrogens with zero attached hydrogens (tertiary/aromatic N) is 6. The minimum absolute atomic E-state index is 0.0132. The summed E-state index contributed by atoms with van der Waals surface area (Å²) < 4.78 is 8.88. The summed E-state index contributed by atoms with van der Waals surface area (Å²) in [7, 11) is 1.80. The average molecular weight is 946 g/mol. The topological polar surface area (TPSA) is 201 Å². The van der Waals surface area contributed by atoms with Gasteiger partial charge in [-0.05, 0) is 134 Å². The lowest BCUT2D eigenvalue weighted by Gasteiger charge is -2.31. The van der Waals surface area contributed by atoms with Crippen molar-refractivity contribution in [2.75, 3.05) is 48.3 Å². The summed E-state index contributed by atoms with van der Waals surface area (Å²) in [6, 6.07) is 30.9. The number of anilines is 3. The molecule has 3 aliphatic rings. The van der Waals surface area contributed by atoms with Crippen LogP contribution >= 0.6 is 11.3 Å². The summed E-state index contributed by atoms with van der Waals surface area (Å²) in [5.74, 6) is -0.900. The fourth-order valence-corrected chi connectivity index (χ4v) is 10.7. The van der Waals surface area contributed by atoms with Crippen molar-refractivity contribution in [3.8, 4) is 5.75 Å². The van der Waals surface area contributed by atoms with Crippen LogP contribution in [0.3, 0.4) is 0 Å². The normalized spacial score (nSPS) is 16.6. The third kappa shape index (κ3) is 9.92. The van der Waals surface area contributed by atoms with Crippen LogP contribution in [-0.2, 0) is 40.8 Å². The number of fused-ring (bicyclic) bond motifs is 3. The molecule has 4 aromatic carbocycles. The SMILES string of the molecule is Cn1nc(C2CCC(=O)NC2=O)c2ccc(NC(=O)CN3CCC(c4cccc(OCCCc5ccc(N6CCc7cccc(C(=O)Nc8nc9ccccc9s8)c7C6)nc5C(=O)O)c4)CC3)cc21. The fraction of sp³-hybridized carbons (Fsp3) is 0.308. The van der Waals surface area contributed by atoms with E-state index in [2.05, 4.69) is 48.0 Å². The number of rotatable bonds is 14. The standard InChI is InChI=1S/C52H51N9O7S/c1-59-42-28-35(15-16-38(42)48(58-59)39-17-19-45(62)56-50(39)65)53-46(63)30-60-23-20-31(21-24-60)34-8-4-10-36(27-34)68-26-6-9-33-14-18-44(55-47(33)51(66)67)61-25-22-32-7-5-11-37(40(32)29-61)49(64)57-52-54-41-12-2-3-13-43(41)69-52/h2-5,7-8,10-16,18,27-28,31,39H,6,9,17,19-26,29-30H2,1H3,(H,53,63)(H,66,67)(H,54,57,64)(H,56,62,65). The Balaban J connectivity index is 0.694. The number of aromatic carboxylic acids is 1. The molecule has 3 aliphatic heterocycles. The van der Waals surface area contributed by atoms with Crippen LogP contribution in [0, 0.1) is 0 Å². The number of carbonyl (C=O) groups excluding carboxylic acids is 4. The van der Waals surface area contributed by atoms with E-state index in [0.29, 0.717) is 84.8 Å². The molecule has 1 atom stereocenters. The number of imide groups is 1. The maximum Gasteiger partial charge on any atom is 0.354 e. The van der Waals surface area contributed by atoms with Gasteiger partial charge in [-0.25, -0.2) is 14.8 Å². The molecule has 16 nitrogen and oxygen atoms in total. The van der Waals surface area contributed by atoms with E-state index in [0.717, 1.165) is 63.9 Å². The lowest BCUT2D eigenvalue weighted by molar-refractivity contribution is -0.134. The number of hydrogen-bond donors (Lipinski definition) is 4. The molecule has 352 valence electrons. The van der Waals surface area contributed by atoms with Crippen LogP contribution in [0.25, 0.3) is 21.1 Å². The summed E-state index contributed by atoms with van der Waals surface area (Å²) in [5, 5.41) is 24.6. The van der Waals surface area contributed by atoms with Crippen LogP contribution in [0.2, 0.25) is 0 Å². The van der Waals surface area contributed by atoms with Gasteiger partial charge in [0.25, 0.3) is 5.91 Å². The number of carboxylic acids is 1. The van der Waals surface area contributed by atoms with Crippen molar-refractivity contribution in [1.29, 1.82) is 0 Å². The zero-order valence-corrected chi connectivity index (χ0v) is 38.9.